The minimum atomic E-state index is -3.61. The Morgan fingerprint density at radius 3 is 2.95 bits per heavy atom. The first kappa shape index (κ1) is 13.8. The fourth-order valence-electron chi connectivity index (χ4n) is 2.33. The highest BCUT2D eigenvalue weighted by molar-refractivity contribution is 7.90. The van der Waals surface area contributed by atoms with Crippen LogP contribution in [0.15, 0.2) is 18.2 Å². The van der Waals surface area contributed by atoms with E-state index in [9.17, 15) is 8.42 Å². The number of nitrogens with two attached hydrogens (primary N) is 1. The van der Waals surface area contributed by atoms with Crippen LogP contribution >= 0.6 is 0 Å². The van der Waals surface area contributed by atoms with Crippen LogP contribution in [0.1, 0.15) is 36.9 Å². The van der Waals surface area contributed by atoms with E-state index in [0.29, 0.717) is 5.69 Å². The zero-order valence-electron chi connectivity index (χ0n) is 10.8. The van der Waals surface area contributed by atoms with Crippen molar-refractivity contribution >= 4 is 15.7 Å². The Morgan fingerprint density at radius 1 is 1.53 bits per heavy atom. The third-order valence-electron chi connectivity index (χ3n) is 3.44. The van der Waals surface area contributed by atoms with Gasteiger partial charge in [0.05, 0.1) is 6.07 Å². The van der Waals surface area contributed by atoms with E-state index < -0.39 is 15.3 Å². The molecule has 2 unspecified atom stereocenters. The Bertz CT molecular complexity index is 619. The minimum Gasteiger partial charge on any atom is -0.399 e. The van der Waals surface area contributed by atoms with Gasteiger partial charge in [0.15, 0.2) is 5.25 Å². The summed E-state index contributed by atoms with van der Waals surface area (Å²) in [5.41, 5.74) is 8.48. The lowest BCUT2D eigenvalue weighted by atomic mass is 9.88. The normalized spacial score (nSPS) is 20.3. The average molecular weight is 279 g/mol. The van der Waals surface area contributed by atoms with Crippen molar-refractivity contribution in [3.05, 3.63) is 29.3 Å². The summed E-state index contributed by atoms with van der Waals surface area (Å²) in [7, 11) is -3.61. The van der Waals surface area contributed by atoms with Crippen LogP contribution in [-0.4, -0.2) is 13.7 Å². The molecule has 2 rings (SSSR count). The predicted octanol–water partition coefficient (Wildman–Crippen LogP) is 1.48. The van der Waals surface area contributed by atoms with Crippen molar-refractivity contribution in [2.45, 2.75) is 37.5 Å². The fourth-order valence-corrected chi connectivity index (χ4v) is 3.31. The highest BCUT2D eigenvalue weighted by atomic mass is 32.2. The van der Waals surface area contributed by atoms with Gasteiger partial charge in [0.2, 0.25) is 10.0 Å². The first-order valence-electron chi connectivity index (χ1n) is 6.23. The number of nitrogens with one attached hydrogen (secondary N) is 1. The number of hydrogen-bond donors (Lipinski definition) is 2. The first-order chi connectivity index (χ1) is 8.94. The van der Waals surface area contributed by atoms with Crippen molar-refractivity contribution in [1.29, 1.82) is 5.26 Å². The lowest BCUT2D eigenvalue weighted by molar-refractivity contribution is 0.505. The van der Waals surface area contributed by atoms with Crippen molar-refractivity contribution < 1.29 is 8.42 Å². The maximum absolute atomic E-state index is 11.9. The van der Waals surface area contributed by atoms with E-state index in [1.54, 1.807) is 12.1 Å². The molecule has 0 radical (unpaired) electrons. The summed E-state index contributed by atoms with van der Waals surface area (Å²) in [6.45, 7) is 1.38. The van der Waals surface area contributed by atoms with Gasteiger partial charge >= 0.3 is 0 Å². The highest BCUT2D eigenvalue weighted by Gasteiger charge is 2.28. The van der Waals surface area contributed by atoms with Crippen LogP contribution in [0, 0.1) is 11.3 Å². The quantitative estimate of drug-likeness (QED) is 0.819. The third-order valence-corrected chi connectivity index (χ3v) is 5.08. The summed E-state index contributed by atoms with van der Waals surface area (Å²) < 4.78 is 26.5. The molecule has 5 nitrogen and oxygen atoms in total. The molecule has 0 saturated carbocycles. The second-order valence-electron chi connectivity index (χ2n) is 4.84. The van der Waals surface area contributed by atoms with Gasteiger partial charge in [0.1, 0.15) is 0 Å². The van der Waals surface area contributed by atoms with E-state index in [0.717, 1.165) is 30.4 Å². The number of nitrogen functional groups attached to an aromatic ring is 1. The van der Waals surface area contributed by atoms with Crippen LogP contribution in [0.2, 0.25) is 0 Å². The lowest BCUT2D eigenvalue weighted by Crippen LogP contribution is -2.36. The monoisotopic (exact) mass is 279 g/mol. The van der Waals surface area contributed by atoms with Gasteiger partial charge in [0, 0.05) is 11.7 Å². The first-order valence-corrected chi connectivity index (χ1v) is 7.77. The smallest absolute Gasteiger partial charge is 0.228 e. The maximum atomic E-state index is 11.9. The third kappa shape index (κ3) is 2.88. The van der Waals surface area contributed by atoms with Gasteiger partial charge in [-0.1, -0.05) is 6.07 Å². The Hall–Kier alpha value is -1.58. The summed E-state index contributed by atoms with van der Waals surface area (Å²) in [4.78, 5) is 0. The number of sulfonamides is 1. The number of nitriles is 1. The number of anilines is 1. The molecule has 0 aromatic heterocycles. The number of hydrogen-bond acceptors (Lipinski definition) is 4. The lowest BCUT2D eigenvalue weighted by Gasteiger charge is -2.26. The van der Waals surface area contributed by atoms with Crippen LogP contribution in [0.5, 0.6) is 0 Å². The Kier molecular flexibility index (Phi) is 3.78. The molecule has 0 saturated heterocycles. The molecular weight excluding hydrogens is 262 g/mol. The Labute approximate surface area is 113 Å². The number of rotatable bonds is 3. The van der Waals surface area contributed by atoms with Crippen molar-refractivity contribution in [3.8, 4) is 6.07 Å². The molecule has 102 valence electrons. The molecule has 0 spiro atoms. The van der Waals surface area contributed by atoms with E-state index in [4.69, 9.17) is 11.0 Å². The Morgan fingerprint density at radius 2 is 2.26 bits per heavy atom. The van der Waals surface area contributed by atoms with E-state index in [-0.39, 0.29) is 6.04 Å². The van der Waals surface area contributed by atoms with Crippen LogP contribution in [-0.2, 0) is 16.4 Å². The second-order valence-corrected chi connectivity index (χ2v) is 6.87. The summed E-state index contributed by atoms with van der Waals surface area (Å²) >= 11 is 0. The molecule has 3 N–H and O–H groups in total. The molecule has 0 bridgehead atoms. The fraction of sp³-hybridized carbons (Fsp3) is 0.462. The topological polar surface area (TPSA) is 96.0 Å². The molecule has 2 atom stereocenters. The van der Waals surface area contributed by atoms with Gasteiger partial charge < -0.3 is 5.73 Å². The second kappa shape index (κ2) is 5.19. The number of nitrogens with zero attached hydrogens (tertiary/aromatic N) is 1. The molecule has 0 heterocycles. The molecule has 1 aliphatic carbocycles. The van der Waals surface area contributed by atoms with Crippen LogP contribution < -0.4 is 10.5 Å². The summed E-state index contributed by atoms with van der Waals surface area (Å²) in [6.07, 6.45) is 2.56. The van der Waals surface area contributed by atoms with Gasteiger partial charge in [-0.2, -0.15) is 5.26 Å². The molecular formula is C13H17N3O2S. The molecule has 19 heavy (non-hydrogen) atoms. The molecule has 0 amide bonds. The number of aryl methyl sites for hydroxylation is 1. The SMILES string of the molecule is CC(C#N)S(=O)(=O)NC1CCCc2cc(N)ccc21. The number of benzene rings is 1. The molecule has 0 fully saturated rings. The number of fused-ring (bicyclic) bond motifs is 1. The van der Waals surface area contributed by atoms with Crippen LogP contribution in [0.3, 0.4) is 0 Å². The van der Waals surface area contributed by atoms with Crippen LogP contribution in [0.4, 0.5) is 5.69 Å². The standard InChI is InChI=1S/C13H17N3O2S/c1-9(8-14)19(17,18)16-13-4-2-3-10-7-11(15)5-6-12(10)13/h5-7,9,13,16H,2-4,15H2,1H3. The minimum absolute atomic E-state index is 0.259. The van der Waals surface area contributed by atoms with Gasteiger partial charge in [0.25, 0.3) is 0 Å². The van der Waals surface area contributed by atoms with E-state index in [1.807, 2.05) is 12.1 Å². The summed E-state index contributed by atoms with van der Waals surface area (Å²) in [5.74, 6) is 0. The highest BCUT2D eigenvalue weighted by Crippen LogP contribution is 2.31. The maximum Gasteiger partial charge on any atom is 0.228 e. The molecule has 1 aromatic rings. The van der Waals surface area contributed by atoms with E-state index in [1.165, 1.54) is 6.92 Å². The van der Waals surface area contributed by atoms with Gasteiger partial charge in [-0.05, 0) is 49.4 Å². The largest absolute Gasteiger partial charge is 0.399 e. The summed E-state index contributed by atoms with van der Waals surface area (Å²) in [6, 6.07) is 7.04. The van der Waals surface area contributed by atoms with Gasteiger partial charge in [-0.25, -0.2) is 13.1 Å². The van der Waals surface area contributed by atoms with Crippen molar-refractivity contribution in [2.75, 3.05) is 5.73 Å². The van der Waals surface area contributed by atoms with Crippen LogP contribution in [0.25, 0.3) is 0 Å². The Balaban J connectivity index is 2.28. The summed E-state index contributed by atoms with van der Waals surface area (Å²) in [5, 5.41) is 7.70. The molecule has 1 aliphatic rings. The van der Waals surface area contributed by atoms with Crippen molar-refractivity contribution in [1.82, 2.24) is 4.72 Å². The predicted molar refractivity (Wildman–Crippen MR) is 73.7 cm³/mol. The van der Waals surface area contributed by atoms with Crippen molar-refractivity contribution in [2.24, 2.45) is 0 Å². The molecule has 1 aromatic carbocycles. The van der Waals surface area contributed by atoms with E-state index in [2.05, 4.69) is 4.72 Å². The average Bonchev–Trinajstić information content (AvgIpc) is 2.37. The van der Waals surface area contributed by atoms with Gasteiger partial charge in [-0.3, -0.25) is 0 Å². The van der Waals surface area contributed by atoms with Crippen molar-refractivity contribution in [3.63, 3.8) is 0 Å². The molecule has 6 heteroatoms. The zero-order valence-corrected chi connectivity index (χ0v) is 11.6. The van der Waals surface area contributed by atoms with Gasteiger partial charge in [-0.15, -0.1) is 0 Å². The molecule has 0 aliphatic heterocycles. The van der Waals surface area contributed by atoms with E-state index >= 15 is 0 Å². The zero-order chi connectivity index (χ0) is 14.0.